The van der Waals surface area contributed by atoms with E-state index in [9.17, 15) is 4.79 Å². The maximum Gasteiger partial charge on any atom is 0.276 e. The molecule has 0 spiro atoms. The zero-order chi connectivity index (χ0) is 16.2. The van der Waals surface area contributed by atoms with Crippen LogP contribution in [-0.4, -0.2) is 21.1 Å². The number of hydrogen-bond donors (Lipinski definition) is 1. The lowest BCUT2D eigenvalue weighted by molar-refractivity contribution is 0.102. The second-order valence-electron chi connectivity index (χ2n) is 5.36. The van der Waals surface area contributed by atoms with Crippen LogP contribution >= 0.6 is 11.3 Å². The molecule has 6 heteroatoms. The molecule has 0 atom stereocenters. The summed E-state index contributed by atoms with van der Waals surface area (Å²) in [6.45, 7) is 4.32. The Kier molecular flexibility index (Phi) is 4.43. The van der Waals surface area contributed by atoms with E-state index in [0.29, 0.717) is 16.7 Å². The van der Waals surface area contributed by atoms with Crippen molar-refractivity contribution < 1.29 is 4.79 Å². The lowest BCUT2D eigenvalue weighted by Gasteiger charge is -2.04. The Labute approximate surface area is 138 Å². The van der Waals surface area contributed by atoms with E-state index in [1.54, 1.807) is 24.4 Å². The number of benzene rings is 1. The molecule has 0 bridgehead atoms. The third-order valence-corrected chi connectivity index (χ3v) is 4.26. The van der Waals surface area contributed by atoms with Crippen molar-refractivity contribution in [2.75, 3.05) is 5.32 Å². The summed E-state index contributed by atoms with van der Waals surface area (Å²) in [5.74, 6) is 0.204. The average Bonchev–Trinajstić information content (AvgIpc) is 3.04. The predicted octanol–water partition coefficient (Wildman–Crippen LogP) is 3.98. The molecule has 0 unspecified atom stereocenters. The number of nitrogens with one attached hydrogen (secondary N) is 1. The molecule has 0 saturated heterocycles. The number of anilines is 1. The fourth-order valence-corrected chi connectivity index (χ4v) is 2.80. The monoisotopic (exact) mass is 324 g/mol. The fraction of sp³-hybridized carbons (Fsp3) is 0.176. The Balaban J connectivity index is 1.74. The van der Waals surface area contributed by atoms with Crippen LogP contribution in [0.4, 0.5) is 5.13 Å². The average molecular weight is 324 g/mol. The first-order valence-corrected chi connectivity index (χ1v) is 8.11. The van der Waals surface area contributed by atoms with Gasteiger partial charge in [-0.1, -0.05) is 55.5 Å². The highest BCUT2D eigenvalue weighted by Gasteiger charge is 2.12. The summed E-state index contributed by atoms with van der Waals surface area (Å²) in [6, 6.07) is 13.4. The van der Waals surface area contributed by atoms with Crippen molar-refractivity contribution >= 4 is 22.4 Å². The lowest BCUT2D eigenvalue weighted by atomic mass is 10.0. The molecule has 5 nitrogen and oxygen atoms in total. The molecule has 3 aromatic rings. The van der Waals surface area contributed by atoms with Gasteiger partial charge in [-0.05, 0) is 23.6 Å². The van der Waals surface area contributed by atoms with Crippen molar-refractivity contribution in [1.82, 2.24) is 15.2 Å². The Morgan fingerprint density at radius 1 is 1.09 bits per heavy atom. The predicted molar refractivity (Wildman–Crippen MR) is 91.6 cm³/mol. The quantitative estimate of drug-likeness (QED) is 0.788. The molecule has 0 aliphatic carbocycles. The Morgan fingerprint density at radius 3 is 2.52 bits per heavy atom. The molecule has 0 saturated carbocycles. The van der Waals surface area contributed by atoms with E-state index in [2.05, 4.69) is 46.5 Å². The third-order valence-electron chi connectivity index (χ3n) is 3.37. The van der Waals surface area contributed by atoms with E-state index < -0.39 is 0 Å². The fourth-order valence-electron chi connectivity index (χ4n) is 2.06. The molecule has 1 amide bonds. The number of nitrogens with zero attached hydrogens (tertiary/aromatic N) is 3. The van der Waals surface area contributed by atoms with Crippen LogP contribution in [0.3, 0.4) is 0 Å². The van der Waals surface area contributed by atoms with E-state index in [0.717, 1.165) is 10.6 Å². The van der Waals surface area contributed by atoms with Gasteiger partial charge in [-0.3, -0.25) is 15.1 Å². The second-order valence-corrected chi connectivity index (χ2v) is 6.34. The minimum atomic E-state index is -0.288. The van der Waals surface area contributed by atoms with Gasteiger partial charge in [0.2, 0.25) is 5.13 Å². The summed E-state index contributed by atoms with van der Waals surface area (Å²) in [4.78, 5) is 16.1. The van der Waals surface area contributed by atoms with E-state index in [1.807, 2.05) is 12.1 Å². The molecular formula is C17H16N4OS. The molecule has 116 valence electrons. The van der Waals surface area contributed by atoms with Crippen LogP contribution in [0.5, 0.6) is 0 Å². The third kappa shape index (κ3) is 3.60. The summed E-state index contributed by atoms with van der Waals surface area (Å²) in [5, 5.41) is 12.1. The molecule has 3 rings (SSSR count). The summed E-state index contributed by atoms with van der Waals surface area (Å²) < 4.78 is 0. The first kappa shape index (κ1) is 15.3. The molecular weight excluding hydrogens is 308 g/mol. The zero-order valence-corrected chi connectivity index (χ0v) is 13.7. The van der Waals surface area contributed by atoms with Gasteiger partial charge >= 0.3 is 0 Å². The van der Waals surface area contributed by atoms with Crippen LogP contribution in [0.25, 0.3) is 10.6 Å². The van der Waals surface area contributed by atoms with Gasteiger partial charge in [0, 0.05) is 11.8 Å². The van der Waals surface area contributed by atoms with E-state index in [-0.39, 0.29) is 5.91 Å². The smallest absolute Gasteiger partial charge is 0.276 e. The topological polar surface area (TPSA) is 67.8 Å². The van der Waals surface area contributed by atoms with Gasteiger partial charge < -0.3 is 0 Å². The SMILES string of the molecule is CC(C)c1ccc(-c2nnc(NC(=O)c3ccccn3)s2)cc1. The van der Waals surface area contributed by atoms with Crippen LogP contribution in [0.15, 0.2) is 48.7 Å². The molecule has 0 aliphatic heterocycles. The van der Waals surface area contributed by atoms with Gasteiger partial charge in [-0.2, -0.15) is 0 Å². The van der Waals surface area contributed by atoms with Crippen molar-refractivity contribution in [1.29, 1.82) is 0 Å². The number of pyridine rings is 1. The van der Waals surface area contributed by atoms with E-state index in [1.165, 1.54) is 16.9 Å². The zero-order valence-electron chi connectivity index (χ0n) is 12.9. The van der Waals surface area contributed by atoms with Crippen LogP contribution in [0.1, 0.15) is 35.8 Å². The summed E-state index contributed by atoms with van der Waals surface area (Å²) in [7, 11) is 0. The van der Waals surface area contributed by atoms with Gasteiger partial charge in [-0.15, -0.1) is 10.2 Å². The van der Waals surface area contributed by atoms with Crippen molar-refractivity contribution in [3.8, 4) is 10.6 Å². The highest BCUT2D eigenvalue weighted by molar-refractivity contribution is 7.18. The molecule has 1 N–H and O–H groups in total. The van der Waals surface area contributed by atoms with E-state index in [4.69, 9.17) is 0 Å². The number of carbonyl (C=O) groups excluding carboxylic acids is 1. The minimum Gasteiger partial charge on any atom is -0.295 e. The molecule has 2 heterocycles. The van der Waals surface area contributed by atoms with Crippen LogP contribution in [0.2, 0.25) is 0 Å². The Hall–Kier alpha value is -2.60. The van der Waals surface area contributed by atoms with Crippen LogP contribution < -0.4 is 5.32 Å². The maximum absolute atomic E-state index is 12.0. The second kappa shape index (κ2) is 6.66. The number of rotatable bonds is 4. The Bertz CT molecular complexity index is 797. The molecule has 0 radical (unpaired) electrons. The summed E-state index contributed by atoms with van der Waals surface area (Å²) in [6.07, 6.45) is 1.58. The molecule has 1 aromatic carbocycles. The van der Waals surface area contributed by atoms with E-state index >= 15 is 0 Å². The molecule has 0 fully saturated rings. The van der Waals surface area contributed by atoms with Crippen molar-refractivity contribution in [2.45, 2.75) is 19.8 Å². The molecule has 0 aliphatic rings. The molecule has 2 aromatic heterocycles. The van der Waals surface area contributed by atoms with Crippen molar-refractivity contribution in [3.63, 3.8) is 0 Å². The number of amides is 1. The Morgan fingerprint density at radius 2 is 1.87 bits per heavy atom. The van der Waals surface area contributed by atoms with Gasteiger partial charge in [0.1, 0.15) is 10.7 Å². The maximum atomic E-state index is 12.0. The number of hydrogen-bond acceptors (Lipinski definition) is 5. The highest BCUT2D eigenvalue weighted by Crippen LogP contribution is 2.27. The summed E-state index contributed by atoms with van der Waals surface area (Å²) >= 11 is 1.34. The highest BCUT2D eigenvalue weighted by atomic mass is 32.1. The summed E-state index contributed by atoms with van der Waals surface area (Å²) in [5.41, 5.74) is 2.62. The number of aromatic nitrogens is 3. The van der Waals surface area contributed by atoms with Gasteiger partial charge in [-0.25, -0.2) is 0 Å². The standard InChI is InChI=1S/C17H16N4OS/c1-11(2)12-6-8-13(9-7-12)16-20-21-17(23-16)19-15(22)14-5-3-4-10-18-14/h3-11H,1-2H3,(H,19,21,22). The lowest BCUT2D eigenvalue weighted by Crippen LogP contribution is -2.13. The van der Waals surface area contributed by atoms with Crippen molar-refractivity contribution in [3.05, 3.63) is 59.9 Å². The van der Waals surface area contributed by atoms with Gasteiger partial charge in [0.15, 0.2) is 0 Å². The largest absolute Gasteiger partial charge is 0.295 e. The van der Waals surface area contributed by atoms with Crippen LogP contribution in [0, 0.1) is 0 Å². The first-order valence-electron chi connectivity index (χ1n) is 7.29. The van der Waals surface area contributed by atoms with Gasteiger partial charge in [0.25, 0.3) is 5.91 Å². The minimum absolute atomic E-state index is 0.288. The van der Waals surface area contributed by atoms with Crippen molar-refractivity contribution in [2.24, 2.45) is 0 Å². The normalized spacial score (nSPS) is 10.7. The van der Waals surface area contributed by atoms with Gasteiger partial charge in [0.05, 0.1) is 0 Å². The van der Waals surface area contributed by atoms with Crippen LogP contribution in [-0.2, 0) is 0 Å². The number of carbonyl (C=O) groups is 1. The first-order chi connectivity index (χ1) is 11.1. The molecule has 23 heavy (non-hydrogen) atoms.